The summed E-state index contributed by atoms with van der Waals surface area (Å²) in [6.07, 6.45) is 1.62. The lowest BCUT2D eigenvalue weighted by molar-refractivity contribution is 0.417. The lowest BCUT2D eigenvalue weighted by Gasteiger charge is -2.27. The summed E-state index contributed by atoms with van der Waals surface area (Å²) in [5, 5.41) is 0. The van der Waals surface area contributed by atoms with Crippen molar-refractivity contribution in [3.05, 3.63) is 34.9 Å². The van der Waals surface area contributed by atoms with Crippen LogP contribution >= 0.6 is 0 Å². The van der Waals surface area contributed by atoms with Gasteiger partial charge in [0, 0.05) is 0 Å². The zero-order valence-electron chi connectivity index (χ0n) is 8.48. The Bertz CT molecular complexity index is 358. The third-order valence-electron chi connectivity index (χ3n) is 3.05. The molecular formula is C12H14F2. The van der Waals surface area contributed by atoms with Crippen LogP contribution in [0.1, 0.15) is 37.3 Å². The lowest BCUT2D eigenvalue weighted by Crippen LogP contribution is -2.17. The average Bonchev–Trinajstić information content (AvgIpc) is 2.10. The van der Waals surface area contributed by atoms with Crippen LogP contribution in [-0.2, 0) is 6.42 Å². The minimum absolute atomic E-state index is 0.143. The molecule has 2 atom stereocenters. The number of halogens is 2. The summed E-state index contributed by atoms with van der Waals surface area (Å²) < 4.78 is 26.9. The fourth-order valence-electron chi connectivity index (χ4n) is 2.50. The zero-order valence-corrected chi connectivity index (χ0v) is 8.48. The number of rotatable bonds is 0. The highest BCUT2D eigenvalue weighted by Gasteiger charge is 2.26. The first-order valence-corrected chi connectivity index (χ1v) is 5.06. The quantitative estimate of drug-likeness (QED) is 0.594. The molecule has 14 heavy (non-hydrogen) atoms. The van der Waals surface area contributed by atoms with Gasteiger partial charge in [0.2, 0.25) is 0 Å². The van der Waals surface area contributed by atoms with Crippen LogP contribution in [0.3, 0.4) is 0 Å². The number of benzene rings is 1. The Hall–Kier alpha value is -0.920. The van der Waals surface area contributed by atoms with Gasteiger partial charge < -0.3 is 0 Å². The van der Waals surface area contributed by atoms with E-state index in [2.05, 4.69) is 6.92 Å². The van der Waals surface area contributed by atoms with Crippen molar-refractivity contribution >= 4 is 0 Å². The molecule has 0 radical (unpaired) electrons. The van der Waals surface area contributed by atoms with Gasteiger partial charge in [-0.25, -0.2) is 8.78 Å². The molecule has 0 nitrogen and oxygen atoms in total. The molecule has 2 rings (SSSR count). The van der Waals surface area contributed by atoms with E-state index < -0.39 is 0 Å². The molecule has 0 saturated carbocycles. The van der Waals surface area contributed by atoms with E-state index in [0.717, 1.165) is 6.42 Å². The van der Waals surface area contributed by atoms with Crippen LogP contribution in [-0.4, -0.2) is 0 Å². The smallest absolute Gasteiger partial charge is 0.127 e. The van der Waals surface area contributed by atoms with Crippen LogP contribution in [0.5, 0.6) is 0 Å². The highest BCUT2D eigenvalue weighted by Crippen LogP contribution is 2.37. The Balaban J connectivity index is 2.57. The van der Waals surface area contributed by atoms with Crippen molar-refractivity contribution in [1.29, 1.82) is 0 Å². The Morgan fingerprint density at radius 2 is 1.79 bits per heavy atom. The molecule has 76 valence electrons. The molecule has 0 bridgehead atoms. The molecule has 1 aliphatic carbocycles. The third kappa shape index (κ3) is 1.43. The van der Waals surface area contributed by atoms with Crippen molar-refractivity contribution in [3.63, 3.8) is 0 Å². The standard InChI is InChI=1S/C12H14F2/c1-7-5-8(2)12-9(6-7)10(13)3-4-11(12)14/h3-4,7-8H,5-6H2,1-2H3. The van der Waals surface area contributed by atoms with Gasteiger partial charge in [0.25, 0.3) is 0 Å². The highest BCUT2D eigenvalue weighted by atomic mass is 19.1. The van der Waals surface area contributed by atoms with E-state index in [9.17, 15) is 8.78 Å². The molecule has 0 spiro atoms. The molecule has 0 amide bonds. The fourth-order valence-corrected chi connectivity index (χ4v) is 2.50. The molecule has 1 aromatic carbocycles. The molecule has 1 aromatic rings. The monoisotopic (exact) mass is 196 g/mol. The van der Waals surface area contributed by atoms with E-state index in [1.807, 2.05) is 6.92 Å². The minimum Gasteiger partial charge on any atom is -0.207 e. The van der Waals surface area contributed by atoms with Gasteiger partial charge in [-0.15, -0.1) is 0 Å². The average molecular weight is 196 g/mol. The van der Waals surface area contributed by atoms with Crippen LogP contribution in [0.25, 0.3) is 0 Å². The lowest BCUT2D eigenvalue weighted by atomic mass is 9.78. The van der Waals surface area contributed by atoms with Crippen molar-refractivity contribution in [3.8, 4) is 0 Å². The number of fused-ring (bicyclic) bond motifs is 1. The molecule has 0 fully saturated rings. The molecule has 0 saturated heterocycles. The van der Waals surface area contributed by atoms with Crippen LogP contribution in [0.4, 0.5) is 8.78 Å². The zero-order chi connectivity index (χ0) is 10.3. The topological polar surface area (TPSA) is 0 Å². The van der Waals surface area contributed by atoms with Crippen molar-refractivity contribution in [2.45, 2.75) is 32.6 Å². The van der Waals surface area contributed by atoms with Gasteiger partial charge in [-0.2, -0.15) is 0 Å². The fraction of sp³-hybridized carbons (Fsp3) is 0.500. The van der Waals surface area contributed by atoms with E-state index in [-0.39, 0.29) is 17.6 Å². The number of hydrogen-bond acceptors (Lipinski definition) is 0. The van der Waals surface area contributed by atoms with E-state index >= 15 is 0 Å². The Kier molecular flexibility index (Phi) is 2.30. The summed E-state index contributed by atoms with van der Waals surface area (Å²) in [7, 11) is 0. The van der Waals surface area contributed by atoms with Crippen LogP contribution in [0.2, 0.25) is 0 Å². The first kappa shape index (κ1) is 9.63. The summed E-state index contributed by atoms with van der Waals surface area (Å²) in [5.41, 5.74) is 1.19. The summed E-state index contributed by atoms with van der Waals surface area (Å²) in [5.74, 6) is 0.0962. The van der Waals surface area contributed by atoms with Gasteiger partial charge >= 0.3 is 0 Å². The van der Waals surface area contributed by atoms with Crippen LogP contribution in [0, 0.1) is 17.6 Å². The molecular weight excluding hydrogens is 182 g/mol. The van der Waals surface area contributed by atoms with Gasteiger partial charge in [0.1, 0.15) is 11.6 Å². The second-order valence-corrected chi connectivity index (χ2v) is 4.37. The molecule has 2 heteroatoms. The largest absolute Gasteiger partial charge is 0.207 e. The number of hydrogen-bond donors (Lipinski definition) is 0. The van der Waals surface area contributed by atoms with E-state index in [1.54, 1.807) is 0 Å². The maximum atomic E-state index is 13.5. The Morgan fingerprint density at radius 1 is 1.14 bits per heavy atom. The second-order valence-electron chi connectivity index (χ2n) is 4.37. The molecule has 1 aliphatic rings. The van der Waals surface area contributed by atoms with Gasteiger partial charge in [-0.3, -0.25) is 0 Å². The Morgan fingerprint density at radius 3 is 2.50 bits per heavy atom. The molecule has 0 heterocycles. The van der Waals surface area contributed by atoms with Crippen molar-refractivity contribution in [2.24, 2.45) is 5.92 Å². The first-order chi connectivity index (χ1) is 6.59. The highest BCUT2D eigenvalue weighted by molar-refractivity contribution is 5.35. The maximum absolute atomic E-state index is 13.5. The predicted octanol–water partition coefficient (Wildman–Crippen LogP) is 3.65. The van der Waals surface area contributed by atoms with Gasteiger partial charge in [0.05, 0.1) is 0 Å². The molecule has 0 aromatic heterocycles. The SMILES string of the molecule is CC1Cc2c(F)ccc(F)c2C(C)C1. The summed E-state index contributed by atoms with van der Waals surface area (Å²) in [6, 6.07) is 2.47. The van der Waals surface area contributed by atoms with Crippen molar-refractivity contribution in [1.82, 2.24) is 0 Å². The van der Waals surface area contributed by atoms with Crippen molar-refractivity contribution in [2.75, 3.05) is 0 Å². The molecule has 0 N–H and O–H groups in total. The summed E-state index contributed by atoms with van der Waals surface area (Å²) >= 11 is 0. The normalized spacial score (nSPS) is 26.0. The van der Waals surface area contributed by atoms with E-state index in [0.29, 0.717) is 23.5 Å². The van der Waals surface area contributed by atoms with Gasteiger partial charge in [-0.1, -0.05) is 13.8 Å². The maximum Gasteiger partial charge on any atom is 0.127 e. The van der Waals surface area contributed by atoms with Gasteiger partial charge in [-0.05, 0) is 47.9 Å². The van der Waals surface area contributed by atoms with Crippen molar-refractivity contribution < 1.29 is 8.78 Å². The summed E-state index contributed by atoms with van der Waals surface area (Å²) in [4.78, 5) is 0. The second kappa shape index (κ2) is 3.34. The molecule has 0 aliphatic heterocycles. The minimum atomic E-state index is -0.250. The van der Waals surface area contributed by atoms with E-state index in [1.165, 1.54) is 12.1 Å². The third-order valence-corrected chi connectivity index (χ3v) is 3.05. The summed E-state index contributed by atoms with van der Waals surface area (Å²) in [6.45, 7) is 4.06. The predicted molar refractivity (Wildman–Crippen MR) is 52.3 cm³/mol. The molecule has 2 unspecified atom stereocenters. The van der Waals surface area contributed by atoms with Crippen LogP contribution < -0.4 is 0 Å². The van der Waals surface area contributed by atoms with Gasteiger partial charge in [0.15, 0.2) is 0 Å². The van der Waals surface area contributed by atoms with Crippen LogP contribution in [0.15, 0.2) is 12.1 Å². The first-order valence-electron chi connectivity index (χ1n) is 5.06. The van der Waals surface area contributed by atoms with E-state index in [4.69, 9.17) is 0 Å². The Labute approximate surface area is 82.9 Å².